The minimum absolute atomic E-state index is 0.00678. The summed E-state index contributed by atoms with van der Waals surface area (Å²) < 4.78 is 27.2. The first kappa shape index (κ1) is 24.5. The van der Waals surface area contributed by atoms with Crippen LogP contribution in [0.25, 0.3) is 11.3 Å². The molecule has 1 heterocycles. The predicted molar refractivity (Wildman–Crippen MR) is 128 cm³/mol. The van der Waals surface area contributed by atoms with Crippen molar-refractivity contribution in [2.45, 2.75) is 32.6 Å². The van der Waals surface area contributed by atoms with Crippen LogP contribution in [0.4, 0.5) is 10.8 Å². The van der Waals surface area contributed by atoms with Crippen molar-refractivity contribution < 1.29 is 18.1 Å². The molecule has 2 aromatic carbocycles. The molecule has 0 aliphatic rings. The van der Waals surface area contributed by atoms with E-state index in [1.165, 1.54) is 27.8 Å². The molecule has 0 radical (unpaired) electrons. The number of anilines is 1. The van der Waals surface area contributed by atoms with Crippen LogP contribution in [0.2, 0.25) is 0 Å². The van der Waals surface area contributed by atoms with Crippen LogP contribution in [0.5, 0.6) is 0 Å². The molecule has 1 amide bonds. The fourth-order valence-corrected chi connectivity index (χ4v) is 5.74. The normalized spacial score (nSPS) is 11.5. The first-order valence-electron chi connectivity index (χ1n) is 10.2. The average Bonchev–Trinajstić information content (AvgIpc) is 3.23. The van der Waals surface area contributed by atoms with Crippen molar-refractivity contribution in [2.75, 3.05) is 18.4 Å². The molecule has 3 rings (SSSR count). The number of carbonyl (C=O) groups excluding carboxylic acids is 1. The van der Waals surface area contributed by atoms with Gasteiger partial charge in [-0.25, -0.2) is 13.4 Å². The number of thiazole rings is 1. The van der Waals surface area contributed by atoms with Gasteiger partial charge in [-0.15, -0.1) is 11.3 Å². The van der Waals surface area contributed by atoms with E-state index in [-0.39, 0.29) is 16.1 Å². The zero-order chi connectivity index (χ0) is 24.3. The molecule has 1 N–H and O–H groups in total. The van der Waals surface area contributed by atoms with Crippen molar-refractivity contribution in [1.29, 1.82) is 0 Å². The highest BCUT2D eigenvalue weighted by Crippen LogP contribution is 2.30. The van der Waals surface area contributed by atoms with Crippen LogP contribution in [-0.4, -0.2) is 41.6 Å². The van der Waals surface area contributed by atoms with Crippen LogP contribution < -0.4 is 5.32 Å². The van der Waals surface area contributed by atoms with Gasteiger partial charge < -0.3 is 0 Å². The fourth-order valence-electron chi connectivity index (χ4n) is 3.32. The lowest BCUT2D eigenvalue weighted by atomic mass is 10.1. The Morgan fingerprint density at radius 2 is 1.79 bits per heavy atom. The van der Waals surface area contributed by atoms with E-state index in [4.69, 9.17) is 0 Å². The van der Waals surface area contributed by atoms with Gasteiger partial charge in [0.05, 0.1) is 15.5 Å². The van der Waals surface area contributed by atoms with E-state index in [0.29, 0.717) is 40.6 Å². The number of nitrogens with one attached hydrogen (secondary N) is 1. The van der Waals surface area contributed by atoms with Crippen molar-refractivity contribution in [1.82, 2.24) is 9.29 Å². The second-order valence-corrected chi connectivity index (χ2v) is 10.1. The second kappa shape index (κ2) is 9.77. The third kappa shape index (κ3) is 5.10. The lowest BCUT2D eigenvalue weighted by Gasteiger charge is -2.20. The van der Waals surface area contributed by atoms with Gasteiger partial charge in [-0.3, -0.25) is 20.2 Å². The number of aryl methyl sites for hydroxylation is 2. The van der Waals surface area contributed by atoms with Crippen LogP contribution in [0.3, 0.4) is 0 Å². The third-order valence-corrected chi connectivity index (χ3v) is 8.15. The lowest BCUT2D eigenvalue weighted by molar-refractivity contribution is -0.385. The fraction of sp³-hybridized carbons (Fsp3) is 0.273. The van der Waals surface area contributed by atoms with Crippen molar-refractivity contribution >= 4 is 38.1 Å². The topological polar surface area (TPSA) is 123 Å². The highest BCUT2D eigenvalue weighted by Gasteiger charge is 2.25. The molecule has 0 saturated heterocycles. The Hall–Kier alpha value is -3.15. The Labute approximate surface area is 196 Å². The van der Waals surface area contributed by atoms with Crippen molar-refractivity contribution in [3.8, 4) is 11.3 Å². The van der Waals surface area contributed by atoms with Crippen LogP contribution in [0, 0.1) is 24.0 Å². The van der Waals surface area contributed by atoms with Gasteiger partial charge in [0.25, 0.3) is 11.6 Å². The molecule has 9 nitrogen and oxygen atoms in total. The Kier molecular flexibility index (Phi) is 7.25. The summed E-state index contributed by atoms with van der Waals surface area (Å²) in [6.45, 7) is 7.52. The maximum absolute atomic E-state index is 12.9. The summed E-state index contributed by atoms with van der Waals surface area (Å²) >= 11 is 1.17. The van der Waals surface area contributed by atoms with E-state index in [2.05, 4.69) is 10.3 Å². The number of aromatic nitrogens is 1. The highest BCUT2D eigenvalue weighted by molar-refractivity contribution is 7.89. The van der Waals surface area contributed by atoms with Crippen molar-refractivity contribution in [2.24, 2.45) is 0 Å². The monoisotopic (exact) mass is 488 g/mol. The van der Waals surface area contributed by atoms with E-state index >= 15 is 0 Å². The zero-order valence-corrected chi connectivity index (χ0v) is 20.3. The maximum Gasteiger partial charge on any atom is 0.272 e. The SMILES string of the molecule is CCN(CC)S(=O)(=O)c1cc(C(=O)Nc2nc(-c3ccc(C)c([N+](=O)[O-])c3)cs2)ccc1C. The maximum atomic E-state index is 12.9. The van der Waals surface area contributed by atoms with Crippen molar-refractivity contribution in [3.05, 3.63) is 68.6 Å². The molecule has 174 valence electrons. The van der Waals surface area contributed by atoms with Gasteiger partial charge in [0.15, 0.2) is 5.13 Å². The van der Waals surface area contributed by atoms with E-state index < -0.39 is 20.9 Å². The van der Waals surface area contributed by atoms with Crippen molar-refractivity contribution in [3.63, 3.8) is 0 Å². The summed E-state index contributed by atoms with van der Waals surface area (Å²) in [7, 11) is -3.72. The van der Waals surface area contributed by atoms with E-state index in [0.717, 1.165) is 0 Å². The van der Waals surface area contributed by atoms with Gasteiger partial charge >= 0.3 is 0 Å². The summed E-state index contributed by atoms with van der Waals surface area (Å²) in [5.41, 5.74) is 2.33. The smallest absolute Gasteiger partial charge is 0.272 e. The molecule has 0 fully saturated rings. The van der Waals surface area contributed by atoms with Crippen LogP contribution in [-0.2, 0) is 10.0 Å². The molecule has 33 heavy (non-hydrogen) atoms. The van der Waals surface area contributed by atoms with Crippen LogP contribution in [0.1, 0.15) is 35.3 Å². The molecule has 0 aliphatic carbocycles. The van der Waals surface area contributed by atoms with Gasteiger partial charge in [-0.05, 0) is 31.5 Å². The van der Waals surface area contributed by atoms with Gasteiger partial charge in [-0.1, -0.05) is 32.0 Å². The molecule has 0 unspecified atom stereocenters. The standard InChI is InChI=1S/C22H24N4O5S2/c1-5-25(6-2)33(30,31)20-12-17(10-8-15(20)4)21(27)24-22-23-18(13-32-22)16-9-7-14(3)19(11-16)26(28)29/h7-13H,5-6H2,1-4H3,(H,23,24,27). The number of nitrogens with zero attached hydrogens (tertiary/aromatic N) is 3. The lowest BCUT2D eigenvalue weighted by Crippen LogP contribution is -2.31. The molecule has 3 aromatic rings. The van der Waals surface area contributed by atoms with Gasteiger partial charge in [0, 0.05) is 41.2 Å². The molecular weight excluding hydrogens is 464 g/mol. The minimum Gasteiger partial charge on any atom is -0.298 e. The first-order chi connectivity index (χ1) is 15.6. The summed E-state index contributed by atoms with van der Waals surface area (Å²) in [6, 6.07) is 9.35. The Morgan fingerprint density at radius 1 is 1.12 bits per heavy atom. The van der Waals surface area contributed by atoms with Gasteiger partial charge in [0.2, 0.25) is 10.0 Å². The molecule has 1 aromatic heterocycles. The number of hydrogen-bond donors (Lipinski definition) is 1. The molecule has 0 aliphatic heterocycles. The third-order valence-electron chi connectivity index (χ3n) is 5.20. The number of hydrogen-bond acceptors (Lipinski definition) is 7. The number of sulfonamides is 1. The average molecular weight is 489 g/mol. The number of nitro groups is 1. The summed E-state index contributed by atoms with van der Waals surface area (Å²) in [5, 5.41) is 15.9. The molecule has 0 spiro atoms. The Morgan fingerprint density at radius 3 is 2.42 bits per heavy atom. The van der Waals surface area contributed by atoms with E-state index in [1.807, 2.05) is 0 Å². The minimum atomic E-state index is -3.72. The summed E-state index contributed by atoms with van der Waals surface area (Å²) in [4.78, 5) is 28.0. The molecular formula is C22H24N4O5S2. The second-order valence-electron chi connectivity index (χ2n) is 7.32. The summed E-state index contributed by atoms with van der Waals surface area (Å²) in [6.07, 6.45) is 0. The van der Waals surface area contributed by atoms with Gasteiger partial charge in [-0.2, -0.15) is 4.31 Å². The van der Waals surface area contributed by atoms with E-state index in [1.54, 1.807) is 57.3 Å². The number of benzene rings is 2. The number of carbonyl (C=O) groups is 1. The Bertz CT molecular complexity index is 1310. The molecule has 0 bridgehead atoms. The number of rotatable bonds is 8. The zero-order valence-electron chi connectivity index (χ0n) is 18.7. The van der Waals surface area contributed by atoms with Crippen LogP contribution >= 0.6 is 11.3 Å². The molecule has 11 heteroatoms. The number of amides is 1. The number of nitro benzene ring substituents is 1. The summed E-state index contributed by atoms with van der Waals surface area (Å²) in [5.74, 6) is -0.498. The Balaban J connectivity index is 1.86. The molecule has 0 atom stereocenters. The molecule has 0 saturated carbocycles. The highest BCUT2D eigenvalue weighted by atomic mass is 32.2. The van der Waals surface area contributed by atoms with E-state index in [9.17, 15) is 23.3 Å². The predicted octanol–water partition coefficient (Wildman–Crippen LogP) is 4.62. The first-order valence-corrected chi connectivity index (χ1v) is 12.5. The largest absolute Gasteiger partial charge is 0.298 e. The van der Waals surface area contributed by atoms with Crippen LogP contribution in [0.15, 0.2) is 46.7 Å². The van der Waals surface area contributed by atoms with Gasteiger partial charge in [0.1, 0.15) is 0 Å². The quantitative estimate of drug-likeness (QED) is 0.365.